The van der Waals surface area contributed by atoms with Gasteiger partial charge in [0, 0.05) is 23.5 Å². The van der Waals surface area contributed by atoms with Crippen LogP contribution in [0.3, 0.4) is 0 Å². The van der Waals surface area contributed by atoms with E-state index in [1.54, 1.807) is 0 Å². The number of hydrogen-bond donors (Lipinski definition) is 2. The molecular weight excluding hydrogens is 260 g/mol. The van der Waals surface area contributed by atoms with Crippen LogP contribution >= 0.6 is 0 Å². The molecule has 0 aliphatic rings. The van der Waals surface area contributed by atoms with Gasteiger partial charge in [-0.15, -0.1) is 0 Å². The summed E-state index contributed by atoms with van der Waals surface area (Å²) >= 11 is 0. The highest BCUT2D eigenvalue weighted by Crippen LogP contribution is 2.16. The zero-order valence-corrected chi connectivity index (χ0v) is 12.9. The molecule has 0 saturated carbocycles. The molecular formula is C18H22N2O. The molecule has 3 nitrogen and oxygen atoms in total. The zero-order chi connectivity index (χ0) is 15.2. The summed E-state index contributed by atoms with van der Waals surface area (Å²) in [7, 11) is 0. The van der Waals surface area contributed by atoms with Gasteiger partial charge in [-0.3, -0.25) is 4.79 Å². The number of carbonyl (C=O) groups is 1. The Hall–Kier alpha value is -2.29. The van der Waals surface area contributed by atoms with Crippen molar-refractivity contribution in [2.75, 3.05) is 17.2 Å². The highest BCUT2D eigenvalue weighted by Gasteiger charge is 2.07. The van der Waals surface area contributed by atoms with Crippen LogP contribution in [-0.2, 0) is 0 Å². The maximum Gasteiger partial charge on any atom is 0.255 e. The van der Waals surface area contributed by atoms with Crippen LogP contribution in [-0.4, -0.2) is 12.5 Å². The molecule has 0 radical (unpaired) electrons. The average molecular weight is 282 g/mol. The first kappa shape index (κ1) is 15.1. The minimum atomic E-state index is -0.0765. The van der Waals surface area contributed by atoms with Crippen LogP contribution in [0.2, 0.25) is 0 Å². The highest BCUT2D eigenvalue weighted by molar-refractivity contribution is 6.04. The van der Waals surface area contributed by atoms with E-state index in [0.717, 1.165) is 29.9 Å². The summed E-state index contributed by atoms with van der Waals surface area (Å²) in [5.41, 5.74) is 4.88. The van der Waals surface area contributed by atoms with Gasteiger partial charge < -0.3 is 10.6 Å². The largest absolute Gasteiger partial charge is 0.385 e. The summed E-state index contributed by atoms with van der Waals surface area (Å²) in [5, 5.41) is 6.23. The first-order valence-corrected chi connectivity index (χ1v) is 7.32. The van der Waals surface area contributed by atoms with Crippen molar-refractivity contribution in [2.24, 2.45) is 0 Å². The van der Waals surface area contributed by atoms with E-state index in [-0.39, 0.29) is 5.91 Å². The molecule has 0 aliphatic carbocycles. The maximum atomic E-state index is 12.2. The van der Waals surface area contributed by atoms with Crippen LogP contribution < -0.4 is 10.6 Å². The molecule has 2 N–H and O–H groups in total. The highest BCUT2D eigenvalue weighted by atomic mass is 16.1. The van der Waals surface area contributed by atoms with E-state index in [0.29, 0.717) is 5.56 Å². The lowest BCUT2D eigenvalue weighted by atomic mass is 10.1. The van der Waals surface area contributed by atoms with E-state index in [1.807, 2.05) is 56.3 Å². The topological polar surface area (TPSA) is 41.1 Å². The van der Waals surface area contributed by atoms with Crippen molar-refractivity contribution < 1.29 is 4.79 Å². The predicted molar refractivity (Wildman–Crippen MR) is 89.1 cm³/mol. The second-order valence-corrected chi connectivity index (χ2v) is 5.26. The predicted octanol–water partition coefficient (Wildman–Crippen LogP) is 4.38. The third-order valence-corrected chi connectivity index (χ3v) is 3.49. The lowest BCUT2D eigenvalue weighted by molar-refractivity contribution is 0.102. The van der Waals surface area contributed by atoms with Gasteiger partial charge in [0.25, 0.3) is 5.91 Å². The summed E-state index contributed by atoms with van der Waals surface area (Å²) in [6.45, 7) is 7.14. The SMILES string of the molecule is CCCNc1ccc(NC(=O)c2ccc(C)c(C)c2)cc1. The Morgan fingerprint density at radius 3 is 2.24 bits per heavy atom. The zero-order valence-electron chi connectivity index (χ0n) is 12.9. The molecule has 2 aromatic rings. The lowest BCUT2D eigenvalue weighted by Crippen LogP contribution is -2.12. The minimum absolute atomic E-state index is 0.0765. The summed E-state index contributed by atoms with van der Waals surface area (Å²) in [6.07, 6.45) is 1.09. The number of benzene rings is 2. The van der Waals surface area contributed by atoms with E-state index in [4.69, 9.17) is 0 Å². The van der Waals surface area contributed by atoms with Crippen molar-refractivity contribution in [2.45, 2.75) is 27.2 Å². The van der Waals surface area contributed by atoms with Crippen molar-refractivity contribution in [1.29, 1.82) is 0 Å². The lowest BCUT2D eigenvalue weighted by Gasteiger charge is -2.09. The molecule has 2 rings (SSSR count). The van der Waals surface area contributed by atoms with Gasteiger partial charge >= 0.3 is 0 Å². The molecule has 21 heavy (non-hydrogen) atoms. The molecule has 0 aliphatic heterocycles. The van der Waals surface area contributed by atoms with Gasteiger partial charge in [0.2, 0.25) is 0 Å². The van der Waals surface area contributed by atoms with Gasteiger partial charge in [0.1, 0.15) is 0 Å². The summed E-state index contributed by atoms with van der Waals surface area (Å²) in [6, 6.07) is 13.5. The molecule has 110 valence electrons. The van der Waals surface area contributed by atoms with Gasteiger partial charge in [-0.05, 0) is 67.8 Å². The number of amides is 1. The van der Waals surface area contributed by atoms with Crippen LogP contribution in [0.4, 0.5) is 11.4 Å². The van der Waals surface area contributed by atoms with E-state index in [9.17, 15) is 4.79 Å². The summed E-state index contributed by atoms with van der Waals surface area (Å²) < 4.78 is 0. The van der Waals surface area contributed by atoms with Crippen LogP contribution in [0, 0.1) is 13.8 Å². The Morgan fingerprint density at radius 1 is 0.952 bits per heavy atom. The number of anilines is 2. The quantitative estimate of drug-likeness (QED) is 0.854. The Balaban J connectivity index is 2.03. The van der Waals surface area contributed by atoms with Crippen LogP contribution in [0.5, 0.6) is 0 Å². The Bertz CT molecular complexity index is 618. The van der Waals surface area contributed by atoms with E-state index < -0.39 is 0 Å². The van der Waals surface area contributed by atoms with Crippen molar-refractivity contribution >= 4 is 17.3 Å². The normalized spacial score (nSPS) is 10.2. The Kier molecular flexibility index (Phi) is 4.99. The van der Waals surface area contributed by atoms with E-state index in [1.165, 1.54) is 5.56 Å². The standard InChI is InChI=1S/C18H22N2O/c1-4-11-19-16-7-9-17(10-8-16)20-18(21)15-6-5-13(2)14(3)12-15/h5-10,12,19H,4,11H2,1-3H3,(H,20,21). The van der Waals surface area contributed by atoms with E-state index >= 15 is 0 Å². The minimum Gasteiger partial charge on any atom is -0.385 e. The van der Waals surface area contributed by atoms with Gasteiger partial charge in [0.15, 0.2) is 0 Å². The molecule has 1 amide bonds. The molecule has 0 aromatic heterocycles. The smallest absolute Gasteiger partial charge is 0.255 e. The number of carbonyl (C=O) groups excluding carboxylic acids is 1. The number of rotatable bonds is 5. The van der Waals surface area contributed by atoms with Crippen LogP contribution in [0.25, 0.3) is 0 Å². The Morgan fingerprint density at radius 2 is 1.62 bits per heavy atom. The third kappa shape index (κ3) is 4.09. The molecule has 0 fully saturated rings. The van der Waals surface area contributed by atoms with Crippen LogP contribution in [0.15, 0.2) is 42.5 Å². The molecule has 3 heteroatoms. The van der Waals surface area contributed by atoms with Gasteiger partial charge in [0.05, 0.1) is 0 Å². The van der Waals surface area contributed by atoms with Gasteiger partial charge in [-0.25, -0.2) is 0 Å². The second-order valence-electron chi connectivity index (χ2n) is 5.26. The van der Waals surface area contributed by atoms with Crippen molar-refractivity contribution in [3.05, 3.63) is 59.2 Å². The third-order valence-electron chi connectivity index (χ3n) is 3.49. The van der Waals surface area contributed by atoms with Crippen LogP contribution in [0.1, 0.15) is 34.8 Å². The summed E-state index contributed by atoms with van der Waals surface area (Å²) in [4.78, 5) is 12.2. The fraction of sp³-hybridized carbons (Fsp3) is 0.278. The molecule has 0 saturated heterocycles. The molecule has 0 heterocycles. The molecule has 0 atom stereocenters. The maximum absolute atomic E-state index is 12.2. The fourth-order valence-corrected chi connectivity index (χ4v) is 2.03. The molecule has 0 unspecified atom stereocenters. The Labute approximate surface area is 126 Å². The van der Waals surface area contributed by atoms with Gasteiger partial charge in [-0.1, -0.05) is 13.0 Å². The first-order chi connectivity index (χ1) is 10.1. The average Bonchev–Trinajstić information content (AvgIpc) is 2.49. The fourth-order valence-electron chi connectivity index (χ4n) is 2.03. The molecule has 0 bridgehead atoms. The van der Waals surface area contributed by atoms with Crippen molar-refractivity contribution in [1.82, 2.24) is 0 Å². The first-order valence-electron chi connectivity index (χ1n) is 7.32. The molecule has 2 aromatic carbocycles. The number of hydrogen-bond acceptors (Lipinski definition) is 2. The number of aryl methyl sites for hydroxylation is 2. The molecule has 0 spiro atoms. The van der Waals surface area contributed by atoms with Crippen molar-refractivity contribution in [3.8, 4) is 0 Å². The summed E-state index contributed by atoms with van der Waals surface area (Å²) in [5.74, 6) is -0.0765. The number of nitrogens with one attached hydrogen (secondary N) is 2. The van der Waals surface area contributed by atoms with Crippen molar-refractivity contribution in [3.63, 3.8) is 0 Å². The van der Waals surface area contributed by atoms with Gasteiger partial charge in [-0.2, -0.15) is 0 Å². The van der Waals surface area contributed by atoms with E-state index in [2.05, 4.69) is 17.6 Å². The monoisotopic (exact) mass is 282 g/mol. The second kappa shape index (κ2) is 6.93.